The van der Waals surface area contributed by atoms with Crippen molar-refractivity contribution in [1.82, 2.24) is 9.88 Å². The molecule has 2 N–H and O–H groups in total. The molecule has 1 aromatic heterocycles. The number of nitrogens with zero attached hydrogens (tertiary/aromatic N) is 1. The number of aryl methyl sites for hydroxylation is 2. The Labute approximate surface area is 210 Å². The zero-order chi connectivity index (χ0) is 25.2. The molecule has 0 fully saturated rings. The van der Waals surface area contributed by atoms with Crippen LogP contribution >= 0.6 is 0 Å². The third kappa shape index (κ3) is 4.50. The van der Waals surface area contributed by atoms with Crippen LogP contribution in [0.25, 0.3) is 16.8 Å². The van der Waals surface area contributed by atoms with Crippen molar-refractivity contribution in [3.8, 4) is 16.8 Å². The number of carbonyl (C=O) groups is 2. The topological polar surface area (TPSA) is 80.6 Å². The maximum absolute atomic E-state index is 12.6. The minimum absolute atomic E-state index is 0.0837. The van der Waals surface area contributed by atoms with Gasteiger partial charge in [-0.05, 0) is 65.9 Å². The number of aliphatic carboxylic acids is 1. The molecule has 0 aliphatic heterocycles. The van der Waals surface area contributed by atoms with Gasteiger partial charge in [0.25, 0.3) is 0 Å². The van der Waals surface area contributed by atoms with E-state index in [2.05, 4.69) is 34.1 Å². The maximum Gasteiger partial charge on any atom is 0.407 e. The first-order valence-corrected chi connectivity index (χ1v) is 12.0. The predicted octanol–water partition coefficient (Wildman–Crippen LogP) is 5.63. The summed E-state index contributed by atoms with van der Waals surface area (Å²) in [7, 11) is 0. The lowest BCUT2D eigenvalue weighted by Crippen LogP contribution is -2.42. The van der Waals surface area contributed by atoms with Gasteiger partial charge in [-0.2, -0.15) is 0 Å². The van der Waals surface area contributed by atoms with Gasteiger partial charge in [0.15, 0.2) is 0 Å². The van der Waals surface area contributed by atoms with Crippen LogP contribution in [0.2, 0.25) is 0 Å². The van der Waals surface area contributed by atoms with Crippen LogP contribution < -0.4 is 5.32 Å². The number of aromatic nitrogens is 1. The minimum Gasteiger partial charge on any atom is -0.480 e. The molecule has 3 aromatic carbocycles. The first kappa shape index (κ1) is 23.4. The zero-order valence-corrected chi connectivity index (χ0v) is 20.3. The Balaban J connectivity index is 1.24. The molecule has 1 heterocycles. The van der Waals surface area contributed by atoms with E-state index >= 15 is 0 Å². The number of carboxylic acid groups (broad SMARTS) is 1. The lowest BCUT2D eigenvalue weighted by Gasteiger charge is -2.18. The quantitative estimate of drug-likeness (QED) is 0.359. The van der Waals surface area contributed by atoms with E-state index in [-0.39, 0.29) is 18.9 Å². The second-order valence-corrected chi connectivity index (χ2v) is 9.18. The van der Waals surface area contributed by atoms with E-state index in [1.807, 2.05) is 74.5 Å². The van der Waals surface area contributed by atoms with Gasteiger partial charge in [-0.25, -0.2) is 9.59 Å². The number of rotatable bonds is 7. The molecular formula is C30H28N2O4. The largest absolute Gasteiger partial charge is 0.480 e. The van der Waals surface area contributed by atoms with E-state index in [4.69, 9.17) is 4.74 Å². The normalized spacial score (nSPS) is 13.1. The number of hydrogen-bond donors (Lipinski definition) is 2. The SMILES string of the molecule is Cc1ccc(C)n1-c1ccc(CC(NC(=O)OCC2c3ccccc3-c3ccccc32)C(=O)O)cc1. The number of fused-ring (bicyclic) bond motifs is 3. The van der Waals surface area contributed by atoms with Gasteiger partial charge in [0, 0.05) is 29.4 Å². The van der Waals surface area contributed by atoms with Crippen molar-refractivity contribution in [3.63, 3.8) is 0 Å². The van der Waals surface area contributed by atoms with E-state index in [1.54, 1.807) is 0 Å². The van der Waals surface area contributed by atoms with E-state index in [0.717, 1.165) is 44.9 Å². The number of benzene rings is 3. The van der Waals surface area contributed by atoms with Crippen molar-refractivity contribution < 1.29 is 19.4 Å². The third-order valence-corrected chi connectivity index (χ3v) is 6.84. The summed E-state index contributed by atoms with van der Waals surface area (Å²) in [6.45, 7) is 4.22. The number of alkyl carbamates (subject to hydrolysis) is 1. The zero-order valence-electron chi connectivity index (χ0n) is 20.3. The van der Waals surface area contributed by atoms with Crippen LogP contribution in [0.3, 0.4) is 0 Å². The van der Waals surface area contributed by atoms with Gasteiger partial charge >= 0.3 is 12.1 Å². The number of hydrogen-bond acceptors (Lipinski definition) is 3. The van der Waals surface area contributed by atoms with E-state index in [0.29, 0.717) is 0 Å². The molecule has 5 rings (SSSR count). The Kier molecular flexibility index (Phi) is 6.34. The van der Waals surface area contributed by atoms with Gasteiger partial charge in [0.05, 0.1) is 0 Å². The molecule has 1 unspecified atom stereocenters. The Morgan fingerprint density at radius 2 is 1.42 bits per heavy atom. The number of carboxylic acids is 1. The summed E-state index contributed by atoms with van der Waals surface area (Å²) in [5.74, 6) is -1.19. The minimum atomic E-state index is -1.11. The number of carbonyl (C=O) groups excluding carboxylic acids is 1. The molecule has 4 aromatic rings. The van der Waals surface area contributed by atoms with Crippen LogP contribution in [0, 0.1) is 13.8 Å². The molecule has 0 saturated heterocycles. The average Bonchev–Trinajstić information content (AvgIpc) is 3.39. The Morgan fingerprint density at radius 3 is 1.97 bits per heavy atom. The van der Waals surface area contributed by atoms with Gasteiger partial charge < -0.3 is 19.7 Å². The molecule has 0 bridgehead atoms. The van der Waals surface area contributed by atoms with Crippen molar-refractivity contribution >= 4 is 12.1 Å². The third-order valence-electron chi connectivity index (χ3n) is 6.84. The Bertz CT molecular complexity index is 1360. The van der Waals surface area contributed by atoms with Crippen LogP contribution in [-0.4, -0.2) is 34.4 Å². The smallest absolute Gasteiger partial charge is 0.407 e. The fourth-order valence-electron chi connectivity index (χ4n) is 5.07. The highest BCUT2D eigenvalue weighted by molar-refractivity contribution is 5.81. The molecular weight excluding hydrogens is 452 g/mol. The molecule has 6 heteroatoms. The number of ether oxygens (including phenoxy) is 1. The standard InChI is InChI=1S/C30H28N2O4/c1-19-11-12-20(2)32(19)22-15-13-21(14-16-22)17-28(29(33)34)31-30(35)36-18-27-25-9-5-3-7-23(25)24-8-4-6-10-26(24)27/h3-16,27-28H,17-18H2,1-2H3,(H,31,35)(H,33,34). The molecule has 0 spiro atoms. The Morgan fingerprint density at radius 1 is 0.861 bits per heavy atom. The van der Waals surface area contributed by atoms with Crippen LogP contribution in [0.4, 0.5) is 4.79 Å². The van der Waals surface area contributed by atoms with E-state index < -0.39 is 18.1 Å². The molecule has 36 heavy (non-hydrogen) atoms. The second kappa shape index (κ2) is 9.74. The van der Waals surface area contributed by atoms with Crippen molar-refractivity contribution in [2.45, 2.75) is 32.2 Å². The molecule has 1 amide bonds. The number of nitrogens with one attached hydrogen (secondary N) is 1. The highest BCUT2D eigenvalue weighted by atomic mass is 16.5. The highest BCUT2D eigenvalue weighted by Crippen LogP contribution is 2.44. The number of amides is 1. The summed E-state index contributed by atoms with van der Waals surface area (Å²) in [5, 5.41) is 12.3. The van der Waals surface area contributed by atoms with Crippen LogP contribution in [0.1, 0.15) is 34.0 Å². The summed E-state index contributed by atoms with van der Waals surface area (Å²) in [5.41, 5.74) is 8.56. The molecule has 1 aliphatic carbocycles. The van der Waals surface area contributed by atoms with Crippen molar-refractivity contribution in [2.75, 3.05) is 6.61 Å². The first-order valence-electron chi connectivity index (χ1n) is 12.0. The lowest BCUT2D eigenvalue weighted by atomic mass is 9.98. The van der Waals surface area contributed by atoms with Crippen LogP contribution in [-0.2, 0) is 16.0 Å². The summed E-state index contributed by atoms with van der Waals surface area (Å²) < 4.78 is 7.67. The fraction of sp³-hybridized carbons (Fsp3) is 0.200. The molecule has 1 atom stereocenters. The highest BCUT2D eigenvalue weighted by Gasteiger charge is 2.29. The molecule has 182 valence electrons. The maximum atomic E-state index is 12.6. The summed E-state index contributed by atoms with van der Waals surface area (Å²) in [4.78, 5) is 24.5. The van der Waals surface area contributed by atoms with Gasteiger partial charge in [-0.3, -0.25) is 0 Å². The monoisotopic (exact) mass is 480 g/mol. The van der Waals surface area contributed by atoms with Crippen LogP contribution in [0.5, 0.6) is 0 Å². The van der Waals surface area contributed by atoms with Gasteiger partial charge in [-0.15, -0.1) is 0 Å². The van der Waals surface area contributed by atoms with Crippen molar-refractivity contribution in [2.24, 2.45) is 0 Å². The molecule has 6 nitrogen and oxygen atoms in total. The summed E-state index contributed by atoms with van der Waals surface area (Å²) >= 11 is 0. The molecule has 1 aliphatic rings. The Hall–Kier alpha value is -4.32. The summed E-state index contributed by atoms with van der Waals surface area (Å²) in [6, 6.07) is 26.9. The lowest BCUT2D eigenvalue weighted by molar-refractivity contribution is -0.139. The molecule has 0 radical (unpaired) electrons. The molecule has 0 saturated carbocycles. The van der Waals surface area contributed by atoms with Gasteiger partial charge in [0.1, 0.15) is 12.6 Å². The second-order valence-electron chi connectivity index (χ2n) is 9.18. The van der Waals surface area contributed by atoms with E-state index in [1.165, 1.54) is 0 Å². The van der Waals surface area contributed by atoms with Crippen LogP contribution in [0.15, 0.2) is 84.9 Å². The fourth-order valence-corrected chi connectivity index (χ4v) is 5.07. The van der Waals surface area contributed by atoms with E-state index in [9.17, 15) is 14.7 Å². The van der Waals surface area contributed by atoms with Crippen molar-refractivity contribution in [3.05, 3.63) is 113 Å². The predicted molar refractivity (Wildman–Crippen MR) is 139 cm³/mol. The van der Waals surface area contributed by atoms with Gasteiger partial charge in [-0.1, -0.05) is 60.7 Å². The van der Waals surface area contributed by atoms with Crippen molar-refractivity contribution in [1.29, 1.82) is 0 Å². The van der Waals surface area contributed by atoms with Gasteiger partial charge in [0.2, 0.25) is 0 Å². The summed E-state index contributed by atoms with van der Waals surface area (Å²) in [6.07, 6.45) is -0.580. The first-order chi connectivity index (χ1) is 17.4. The average molecular weight is 481 g/mol.